The van der Waals surface area contributed by atoms with E-state index in [1.54, 1.807) is 41.9 Å². The molecule has 1 aliphatic carbocycles. The molecule has 6 rings (SSSR count). The molecule has 34 heavy (non-hydrogen) atoms. The Morgan fingerprint density at radius 3 is 2.74 bits per heavy atom. The van der Waals surface area contributed by atoms with Crippen LogP contribution in [0, 0.1) is 0 Å². The average molecular weight is 449 g/mol. The number of rotatable bonds is 6. The van der Waals surface area contributed by atoms with Crippen molar-refractivity contribution in [3.05, 3.63) is 91.6 Å². The minimum absolute atomic E-state index is 0.306. The van der Waals surface area contributed by atoms with Gasteiger partial charge in [-0.15, -0.1) is 10.2 Å². The maximum absolute atomic E-state index is 13.0. The van der Waals surface area contributed by atoms with Crippen LogP contribution in [-0.2, 0) is 0 Å². The van der Waals surface area contributed by atoms with Crippen molar-refractivity contribution in [3.63, 3.8) is 0 Å². The van der Waals surface area contributed by atoms with E-state index in [9.17, 15) is 4.79 Å². The Balaban J connectivity index is 1.23. The number of amides is 1. The van der Waals surface area contributed by atoms with Gasteiger partial charge in [-0.3, -0.25) is 14.3 Å². The molecular formula is C24H19N9O. The summed E-state index contributed by atoms with van der Waals surface area (Å²) in [6.45, 7) is 0. The molecule has 10 heteroatoms. The fourth-order valence-electron chi connectivity index (χ4n) is 3.74. The molecule has 1 aromatic carbocycles. The Morgan fingerprint density at radius 2 is 1.88 bits per heavy atom. The second-order valence-corrected chi connectivity index (χ2v) is 8.04. The molecule has 0 spiro atoms. The van der Waals surface area contributed by atoms with Gasteiger partial charge in [-0.25, -0.2) is 15.0 Å². The zero-order valence-corrected chi connectivity index (χ0v) is 18.0. The Kier molecular flexibility index (Phi) is 4.87. The maximum Gasteiger partial charge on any atom is 0.274 e. The molecule has 0 radical (unpaired) electrons. The molecule has 1 saturated carbocycles. The standard InChI is InChI=1S/C24H19N9O/c34-24(21-9-19(6-7-27-21)32-12-22(28-14-32)16-4-5-16)30-18-3-1-2-17(8-18)23-31-29-15-33(23)20-10-25-13-26-11-20/h1-3,6-16H,4-5H2,(H,30,34). The number of nitrogens with one attached hydrogen (secondary N) is 1. The van der Waals surface area contributed by atoms with Gasteiger partial charge in [0, 0.05) is 29.6 Å². The number of hydrogen-bond acceptors (Lipinski definition) is 7. The third kappa shape index (κ3) is 3.92. The van der Waals surface area contributed by atoms with Crippen molar-refractivity contribution in [3.8, 4) is 22.8 Å². The van der Waals surface area contributed by atoms with E-state index in [4.69, 9.17) is 0 Å². The van der Waals surface area contributed by atoms with Crippen molar-refractivity contribution in [2.45, 2.75) is 18.8 Å². The molecule has 0 unspecified atom stereocenters. The fraction of sp³-hybridized carbons (Fsp3) is 0.125. The van der Waals surface area contributed by atoms with Crippen molar-refractivity contribution < 1.29 is 4.79 Å². The minimum Gasteiger partial charge on any atom is -0.321 e. The first-order chi connectivity index (χ1) is 16.7. The van der Waals surface area contributed by atoms with Crippen LogP contribution in [0.1, 0.15) is 34.9 Å². The largest absolute Gasteiger partial charge is 0.321 e. The third-order valence-electron chi connectivity index (χ3n) is 5.62. The van der Waals surface area contributed by atoms with Crippen molar-refractivity contribution in [1.82, 2.24) is 39.3 Å². The highest BCUT2D eigenvalue weighted by atomic mass is 16.1. The molecule has 0 saturated heterocycles. The van der Waals surface area contributed by atoms with Crippen LogP contribution in [0.25, 0.3) is 22.8 Å². The van der Waals surface area contributed by atoms with Crippen LogP contribution in [0.5, 0.6) is 0 Å². The number of imidazole rings is 1. The first kappa shape index (κ1) is 19.9. The van der Waals surface area contributed by atoms with Gasteiger partial charge in [-0.2, -0.15) is 0 Å². The lowest BCUT2D eigenvalue weighted by atomic mass is 10.2. The molecule has 0 aliphatic heterocycles. The Bertz CT molecular complexity index is 1470. The number of carbonyl (C=O) groups excluding carboxylic acids is 1. The highest BCUT2D eigenvalue weighted by molar-refractivity contribution is 6.03. The quantitative estimate of drug-likeness (QED) is 0.422. The average Bonchev–Trinajstić information content (AvgIpc) is 3.40. The van der Waals surface area contributed by atoms with Crippen LogP contribution in [0.3, 0.4) is 0 Å². The summed E-state index contributed by atoms with van der Waals surface area (Å²) in [5.41, 5.74) is 4.39. The lowest BCUT2D eigenvalue weighted by Gasteiger charge is -2.09. The van der Waals surface area contributed by atoms with E-state index < -0.39 is 0 Å². The molecule has 1 N–H and O–H groups in total. The topological polar surface area (TPSA) is 116 Å². The number of aromatic nitrogens is 8. The number of carbonyl (C=O) groups is 1. The molecule has 5 aromatic rings. The molecule has 10 nitrogen and oxygen atoms in total. The number of benzene rings is 1. The number of pyridine rings is 1. The normalized spacial score (nSPS) is 13.1. The zero-order valence-electron chi connectivity index (χ0n) is 18.0. The summed E-state index contributed by atoms with van der Waals surface area (Å²) in [4.78, 5) is 29.8. The summed E-state index contributed by atoms with van der Waals surface area (Å²) >= 11 is 0. The Hall–Kier alpha value is -4.73. The van der Waals surface area contributed by atoms with Gasteiger partial charge in [0.1, 0.15) is 18.3 Å². The van der Waals surface area contributed by atoms with Crippen molar-refractivity contribution in [2.75, 3.05) is 5.32 Å². The molecule has 1 fully saturated rings. The number of anilines is 1. The predicted molar refractivity (Wildman–Crippen MR) is 124 cm³/mol. The fourth-order valence-corrected chi connectivity index (χ4v) is 3.74. The lowest BCUT2D eigenvalue weighted by molar-refractivity contribution is 0.102. The van der Waals surface area contributed by atoms with E-state index in [2.05, 4.69) is 35.5 Å². The molecule has 0 atom stereocenters. The summed E-state index contributed by atoms with van der Waals surface area (Å²) in [6.07, 6.45) is 14.2. The number of nitrogens with zero attached hydrogens (tertiary/aromatic N) is 8. The Labute approximate surface area is 194 Å². The molecule has 166 valence electrons. The van der Waals surface area contributed by atoms with Gasteiger partial charge < -0.3 is 9.88 Å². The summed E-state index contributed by atoms with van der Waals surface area (Å²) < 4.78 is 3.71. The van der Waals surface area contributed by atoms with Crippen LogP contribution < -0.4 is 5.32 Å². The van der Waals surface area contributed by atoms with Crippen molar-refractivity contribution in [2.24, 2.45) is 0 Å². The first-order valence-electron chi connectivity index (χ1n) is 10.8. The van der Waals surface area contributed by atoms with E-state index in [-0.39, 0.29) is 5.91 Å². The summed E-state index contributed by atoms with van der Waals surface area (Å²) in [5, 5.41) is 11.2. The molecule has 4 heterocycles. The van der Waals surface area contributed by atoms with Crippen LogP contribution in [-0.4, -0.2) is 45.2 Å². The molecule has 1 aliphatic rings. The zero-order chi connectivity index (χ0) is 22.9. The van der Waals surface area contributed by atoms with E-state index in [1.165, 1.54) is 19.2 Å². The third-order valence-corrected chi connectivity index (χ3v) is 5.62. The SMILES string of the molecule is O=C(Nc1cccc(-c2nncn2-c2cncnc2)c1)c1cc(-n2cnc(C3CC3)c2)ccn1. The van der Waals surface area contributed by atoms with Gasteiger partial charge in [0.15, 0.2) is 5.82 Å². The molecule has 4 aromatic heterocycles. The van der Waals surface area contributed by atoms with E-state index in [0.717, 1.165) is 22.6 Å². The van der Waals surface area contributed by atoms with Gasteiger partial charge in [0.2, 0.25) is 0 Å². The van der Waals surface area contributed by atoms with Crippen LogP contribution >= 0.6 is 0 Å². The highest BCUT2D eigenvalue weighted by Gasteiger charge is 2.25. The van der Waals surface area contributed by atoms with E-state index >= 15 is 0 Å². The molecule has 1 amide bonds. The second kappa shape index (κ2) is 8.32. The number of hydrogen-bond donors (Lipinski definition) is 1. The molecule has 0 bridgehead atoms. The van der Waals surface area contributed by atoms with Gasteiger partial charge in [0.05, 0.1) is 35.8 Å². The Morgan fingerprint density at radius 1 is 1.00 bits per heavy atom. The predicted octanol–water partition coefficient (Wildman–Crippen LogP) is 3.43. The molecular weight excluding hydrogens is 430 g/mol. The van der Waals surface area contributed by atoms with Crippen molar-refractivity contribution >= 4 is 11.6 Å². The van der Waals surface area contributed by atoms with Gasteiger partial charge >= 0.3 is 0 Å². The van der Waals surface area contributed by atoms with Gasteiger partial charge in [0.25, 0.3) is 5.91 Å². The minimum atomic E-state index is -0.306. The van der Waals surface area contributed by atoms with Gasteiger partial charge in [-0.1, -0.05) is 12.1 Å². The summed E-state index contributed by atoms with van der Waals surface area (Å²) in [7, 11) is 0. The first-order valence-corrected chi connectivity index (χ1v) is 10.8. The smallest absolute Gasteiger partial charge is 0.274 e. The van der Waals surface area contributed by atoms with Crippen molar-refractivity contribution in [1.29, 1.82) is 0 Å². The van der Waals surface area contributed by atoms with E-state index in [0.29, 0.717) is 23.1 Å². The highest BCUT2D eigenvalue weighted by Crippen LogP contribution is 2.39. The lowest BCUT2D eigenvalue weighted by Crippen LogP contribution is -2.14. The monoisotopic (exact) mass is 449 g/mol. The van der Waals surface area contributed by atoms with E-state index in [1.807, 2.05) is 41.1 Å². The maximum atomic E-state index is 13.0. The van der Waals surface area contributed by atoms with Gasteiger partial charge in [-0.05, 0) is 37.1 Å². The summed E-state index contributed by atoms with van der Waals surface area (Å²) in [5.74, 6) is 0.871. The van der Waals surface area contributed by atoms with Crippen LogP contribution in [0.4, 0.5) is 5.69 Å². The van der Waals surface area contributed by atoms with Crippen LogP contribution in [0.15, 0.2) is 80.2 Å². The summed E-state index contributed by atoms with van der Waals surface area (Å²) in [6, 6.07) is 11.0. The van der Waals surface area contributed by atoms with Crippen LogP contribution in [0.2, 0.25) is 0 Å². The second-order valence-electron chi connectivity index (χ2n) is 8.04.